The van der Waals surface area contributed by atoms with E-state index in [1.807, 2.05) is 6.92 Å². The highest BCUT2D eigenvalue weighted by Crippen LogP contribution is 2.29. The Balaban J connectivity index is 2.27. The van der Waals surface area contributed by atoms with Gasteiger partial charge in [-0.3, -0.25) is 4.79 Å². The maximum Gasteiger partial charge on any atom is 0.338 e. The Labute approximate surface area is 120 Å². The molecule has 0 atom stereocenters. The first-order valence-electron chi connectivity index (χ1n) is 6.12. The van der Waals surface area contributed by atoms with Crippen LogP contribution < -0.4 is 5.32 Å². The maximum atomic E-state index is 12.1. The van der Waals surface area contributed by atoms with Crippen LogP contribution in [-0.2, 0) is 6.42 Å². The minimum absolute atomic E-state index is 0.118. The van der Waals surface area contributed by atoms with Gasteiger partial charge in [0.1, 0.15) is 10.7 Å². The number of amides is 1. The highest BCUT2D eigenvalue weighted by Gasteiger charge is 2.18. The van der Waals surface area contributed by atoms with E-state index in [1.165, 1.54) is 11.3 Å². The Morgan fingerprint density at radius 3 is 2.75 bits per heavy atom. The number of nitrogens with zero attached hydrogens (tertiary/aromatic N) is 1. The van der Waals surface area contributed by atoms with Crippen LogP contribution in [0.5, 0.6) is 0 Å². The number of rotatable bonds is 4. The zero-order valence-corrected chi connectivity index (χ0v) is 12.0. The molecule has 0 radical (unpaired) electrons. The molecule has 0 saturated heterocycles. The molecule has 0 spiro atoms. The molecule has 0 aromatic carbocycles. The predicted octanol–water partition coefficient (Wildman–Crippen LogP) is 2.96. The molecule has 0 fully saturated rings. The van der Waals surface area contributed by atoms with Crippen molar-refractivity contribution in [3.05, 3.63) is 46.1 Å². The molecule has 2 aromatic heterocycles. The van der Waals surface area contributed by atoms with Crippen molar-refractivity contribution in [3.8, 4) is 0 Å². The van der Waals surface area contributed by atoms with Crippen molar-refractivity contribution in [2.75, 3.05) is 5.32 Å². The van der Waals surface area contributed by atoms with Crippen molar-refractivity contribution in [2.24, 2.45) is 0 Å². The van der Waals surface area contributed by atoms with Gasteiger partial charge < -0.3 is 10.4 Å². The smallest absolute Gasteiger partial charge is 0.338 e. The molecule has 0 aliphatic heterocycles. The third-order valence-corrected chi connectivity index (χ3v) is 3.90. The Morgan fingerprint density at radius 2 is 2.15 bits per heavy atom. The molecule has 5 nitrogen and oxygen atoms in total. The lowest BCUT2D eigenvalue weighted by Gasteiger charge is -2.04. The van der Waals surface area contributed by atoms with E-state index in [0.29, 0.717) is 5.00 Å². The summed E-state index contributed by atoms with van der Waals surface area (Å²) in [4.78, 5) is 28.3. The van der Waals surface area contributed by atoms with Crippen molar-refractivity contribution < 1.29 is 14.7 Å². The second-order valence-corrected chi connectivity index (χ2v) is 5.37. The number of thiophene rings is 1. The number of aryl methyl sites for hydroxylation is 2. The number of carboxylic acids is 1. The fourth-order valence-corrected chi connectivity index (χ4v) is 2.69. The molecule has 0 saturated carbocycles. The molecule has 2 heterocycles. The molecule has 20 heavy (non-hydrogen) atoms. The number of anilines is 1. The largest absolute Gasteiger partial charge is 0.478 e. The average Bonchev–Trinajstić information content (AvgIpc) is 2.82. The maximum absolute atomic E-state index is 12.1. The van der Waals surface area contributed by atoms with Gasteiger partial charge in [0, 0.05) is 10.6 Å². The summed E-state index contributed by atoms with van der Waals surface area (Å²) in [6.45, 7) is 3.73. The van der Waals surface area contributed by atoms with E-state index in [-0.39, 0.29) is 11.3 Å². The summed E-state index contributed by atoms with van der Waals surface area (Å²) >= 11 is 1.27. The molecule has 2 rings (SSSR count). The lowest BCUT2D eigenvalue weighted by molar-refractivity contribution is 0.0698. The van der Waals surface area contributed by atoms with Crippen molar-refractivity contribution in [3.63, 3.8) is 0 Å². The summed E-state index contributed by atoms with van der Waals surface area (Å²) in [5.41, 5.74) is 1.12. The molecule has 0 aliphatic carbocycles. The normalized spacial score (nSPS) is 10.3. The van der Waals surface area contributed by atoms with Crippen molar-refractivity contribution in [1.82, 2.24) is 4.98 Å². The summed E-state index contributed by atoms with van der Waals surface area (Å²) in [6.07, 6.45) is 0.726. The minimum atomic E-state index is -1.05. The number of aromatic nitrogens is 1. The van der Waals surface area contributed by atoms with Crippen LogP contribution in [0.3, 0.4) is 0 Å². The first-order valence-corrected chi connectivity index (χ1v) is 6.94. The lowest BCUT2D eigenvalue weighted by atomic mass is 10.2. The van der Waals surface area contributed by atoms with Crippen LogP contribution in [0.15, 0.2) is 24.3 Å². The molecule has 0 unspecified atom stereocenters. The van der Waals surface area contributed by atoms with E-state index >= 15 is 0 Å². The SMILES string of the molecule is CCc1cc(C(=O)O)c(NC(=O)c2cccc(C)n2)s1. The monoisotopic (exact) mass is 290 g/mol. The second kappa shape index (κ2) is 5.83. The zero-order valence-electron chi connectivity index (χ0n) is 11.1. The summed E-state index contributed by atoms with van der Waals surface area (Å²) in [6, 6.07) is 6.71. The van der Waals surface area contributed by atoms with Gasteiger partial charge in [0.2, 0.25) is 0 Å². The molecular formula is C14H14N2O3S. The third kappa shape index (κ3) is 3.03. The van der Waals surface area contributed by atoms with Gasteiger partial charge in [-0.05, 0) is 31.5 Å². The molecule has 2 N–H and O–H groups in total. The Morgan fingerprint density at radius 1 is 1.40 bits per heavy atom. The van der Waals surface area contributed by atoms with Gasteiger partial charge in [-0.25, -0.2) is 9.78 Å². The van der Waals surface area contributed by atoms with E-state index in [2.05, 4.69) is 10.3 Å². The fourth-order valence-electron chi connectivity index (χ4n) is 1.70. The first kappa shape index (κ1) is 14.2. The first-order chi connectivity index (χ1) is 9.51. The van der Waals surface area contributed by atoms with E-state index in [9.17, 15) is 9.59 Å². The number of aromatic carboxylic acids is 1. The van der Waals surface area contributed by atoms with Gasteiger partial charge in [0.15, 0.2) is 0 Å². The van der Waals surface area contributed by atoms with Gasteiger partial charge in [-0.1, -0.05) is 13.0 Å². The molecule has 1 amide bonds. The zero-order chi connectivity index (χ0) is 14.7. The number of carboxylic acid groups (broad SMARTS) is 1. The van der Waals surface area contributed by atoms with Crippen LogP contribution in [0.4, 0.5) is 5.00 Å². The van der Waals surface area contributed by atoms with E-state index in [0.717, 1.165) is 17.0 Å². The molecule has 6 heteroatoms. The highest BCUT2D eigenvalue weighted by atomic mass is 32.1. The Hall–Kier alpha value is -2.21. The summed E-state index contributed by atoms with van der Waals surface area (Å²) in [7, 11) is 0. The number of pyridine rings is 1. The number of carbonyl (C=O) groups excluding carboxylic acids is 1. The average molecular weight is 290 g/mol. The van der Waals surface area contributed by atoms with Crippen molar-refractivity contribution in [2.45, 2.75) is 20.3 Å². The molecule has 0 bridgehead atoms. The lowest BCUT2D eigenvalue weighted by Crippen LogP contribution is -2.14. The Bertz CT molecular complexity index is 664. The van der Waals surface area contributed by atoms with Gasteiger partial charge >= 0.3 is 5.97 Å². The van der Waals surface area contributed by atoms with Gasteiger partial charge in [-0.2, -0.15) is 0 Å². The van der Waals surface area contributed by atoms with Crippen LogP contribution >= 0.6 is 11.3 Å². The van der Waals surface area contributed by atoms with Gasteiger partial charge in [-0.15, -0.1) is 11.3 Å². The molecular weight excluding hydrogens is 276 g/mol. The summed E-state index contributed by atoms with van der Waals surface area (Å²) < 4.78 is 0. The second-order valence-electron chi connectivity index (χ2n) is 4.23. The highest BCUT2D eigenvalue weighted by molar-refractivity contribution is 7.16. The number of hydrogen-bond donors (Lipinski definition) is 2. The van der Waals surface area contributed by atoms with Crippen LogP contribution in [0, 0.1) is 6.92 Å². The third-order valence-electron chi connectivity index (χ3n) is 2.71. The number of hydrogen-bond acceptors (Lipinski definition) is 4. The minimum Gasteiger partial charge on any atom is -0.478 e. The quantitative estimate of drug-likeness (QED) is 0.907. The summed E-state index contributed by atoms with van der Waals surface area (Å²) in [5.74, 6) is -1.45. The van der Waals surface area contributed by atoms with E-state index in [4.69, 9.17) is 5.11 Å². The van der Waals surface area contributed by atoms with E-state index < -0.39 is 11.9 Å². The molecule has 104 valence electrons. The van der Waals surface area contributed by atoms with Crippen molar-refractivity contribution >= 4 is 28.2 Å². The predicted molar refractivity (Wildman–Crippen MR) is 77.6 cm³/mol. The standard InChI is InChI=1S/C14H14N2O3S/c1-3-9-7-10(14(18)19)13(20-9)16-12(17)11-6-4-5-8(2)15-11/h4-7H,3H2,1-2H3,(H,16,17)(H,18,19). The summed E-state index contributed by atoms with van der Waals surface area (Å²) in [5, 5.41) is 12.1. The number of nitrogens with one attached hydrogen (secondary N) is 1. The van der Waals surface area contributed by atoms with Gasteiger partial charge in [0.05, 0.1) is 5.56 Å². The van der Waals surface area contributed by atoms with Crippen molar-refractivity contribution in [1.29, 1.82) is 0 Å². The fraction of sp³-hybridized carbons (Fsp3) is 0.214. The molecule has 0 aliphatic rings. The topological polar surface area (TPSA) is 79.3 Å². The van der Waals surface area contributed by atoms with Crippen LogP contribution in [0.1, 0.15) is 38.3 Å². The van der Waals surface area contributed by atoms with Crippen LogP contribution in [0.25, 0.3) is 0 Å². The van der Waals surface area contributed by atoms with Gasteiger partial charge in [0.25, 0.3) is 5.91 Å². The van der Waals surface area contributed by atoms with Crippen LogP contribution in [-0.4, -0.2) is 22.0 Å². The molecule has 2 aromatic rings. The van der Waals surface area contributed by atoms with Crippen LogP contribution in [0.2, 0.25) is 0 Å². The number of carbonyl (C=O) groups is 2. The van der Waals surface area contributed by atoms with E-state index in [1.54, 1.807) is 31.2 Å². The Kier molecular flexibility index (Phi) is 4.14.